The zero-order chi connectivity index (χ0) is 17.1. The minimum absolute atomic E-state index is 0.596. The number of rotatable bonds is 1. The Balaban J connectivity index is 0.000000185. The number of hydrogen-bond donors (Lipinski definition) is 2. The molecule has 7 heteroatoms. The molecule has 0 atom stereocenters. The van der Waals surface area contributed by atoms with Gasteiger partial charge < -0.3 is 11.5 Å². The van der Waals surface area contributed by atoms with Crippen molar-refractivity contribution < 1.29 is 0 Å². The molecular formula is C16H19Br2N5. The highest BCUT2D eigenvalue weighted by molar-refractivity contribution is 9.10. The lowest BCUT2D eigenvalue weighted by Gasteiger charge is -2.00. The number of aromatic nitrogens is 3. The molecule has 0 fully saturated rings. The molecule has 3 rings (SSSR count). The lowest BCUT2D eigenvalue weighted by molar-refractivity contribution is 1.07. The summed E-state index contributed by atoms with van der Waals surface area (Å²) in [5.41, 5.74) is 15.5. The van der Waals surface area contributed by atoms with E-state index in [-0.39, 0.29) is 0 Å². The van der Waals surface area contributed by atoms with Gasteiger partial charge in [0, 0.05) is 21.3 Å². The first-order valence-corrected chi connectivity index (χ1v) is 8.72. The second-order valence-corrected chi connectivity index (χ2v) is 7.02. The van der Waals surface area contributed by atoms with Crippen LogP contribution in [0.15, 0.2) is 33.5 Å². The van der Waals surface area contributed by atoms with Crippen LogP contribution in [-0.2, 0) is 6.42 Å². The predicted octanol–water partition coefficient (Wildman–Crippen LogP) is 4.28. The van der Waals surface area contributed by atoms with Gasteiger partial charge in [0.2, 0.25) is 0 Å². The van der Waals surface area contributed by atoms with Crippen LogP contribution in [-0.4, -0.2) is 14.4 Å². The van der Waals surface area contributed by atoms with E-state index in [4.69, 9.17) is 11.5 Å². The third kappa shape index (κ3) is 4.03. The summed E-state index contributed by atoms with van der Waals surface area (Å²) in [6.45, 7) is 6.02. The topological polar surface area (TPSA) is 82.2 Å². The Morgan fingerprint density at radius 2 is 1.74 bits per heavy atom. The zero-order valence-corrected chi connectivity index (χ0v) is 16.4. The molecule has 0 saturated carbocycles. The highest BCUT2D eigenvalue weighted by Crippen LogP contribution is 2.22. The number of nitrogens with zero attached hydrogens (tertiary/aromatic N) is 3. The number of aryl methyl sites for hydroxylation is 3. The summed E-state index contributed by atoms with van der Waals surface area (Å²) in [5.74, 6) is 1.34. The first kappa shape index (κ1) is 17.7. The number of anilines is 2. The molecular weight excluding hydrogens is 422 g/mol. The lowest BCUT2D eigenvalue weighted by atomic mass is 10.3. The van der Waals surface area contributed by atoms with Crippen molar-refractivity contribution in [2.45, 2.75) is 27.2 Å². The van der Waals surface area contributed by atoms with E-state index in [0.29, 0.717) is 5.82 Å². The molecule has 3 aromatic rings. The fraction of sp³-hybridized carbons (Fsp3) is 0.250. The van der Waals surface area contributed by atoms with Gasteiger partial charge in [-0.05, 0) is 75.4 Å². The van der Waals surface area contributed by atoms with E-state index in [2.05, 4.69) is 48.8 Å². The summed E-state index contributed by atoms with van der Waals surface area (Å²) in [5, 5.41) is 0. The standard InChI is InChI=1S/C10H12BrN3.C6H7BrN2/c1-3-8-9(12)14-5-7(11)4-6(2)10(14)13-8;1-4-2-5(7)3-9-6(4)8/h4-5H,3,12H2,1-2H3;2-3H,1H3,(H2,8,9). The second kappa shape index (κ2) is 7.31. The average Bonchev–Trinajstić information content (AvgIpc) is 2.81. The molecule has 0 aliphatic heterocycles. The van der Waals surface area contributed by atoms with Crippen LogP contribution in [0.5, 0.6) is 0 Å². The summed E-state index contributed by atoms with van der Waals surface area (Å²) in [6.07, 6.45) is 4.50. The van der Waals surface area contributed by atoms with Crippen molar-refractivity contribution in [2.75, 3.05) is 11.5 Å². The summed E-state index contributed by atoms with van der Waals surface area (Å²) in [6, 6.07) is 3.98. The molecule has 3 aromatic heterocycles. The van der Waals surface area contributed by atoms with Crippen molar-refractivity contribution in [3.05, 3.63) is 50.3 Å². The summed E-state index contributed by atoms with van der Waals surface area (Å²) in [4.78, 5) is 8.40. The smallest absolute Gasteiger partial charge is 0.141 e. The maximum atomic E-state index is 5.97. The molecule has 0 radical (unpaired) electrons. The monoisotopic (exact) mass is 439 g/mol. The molecule has 0 spiro atoms. The van der Waals surface area contributed by atoms with Gasteiger partial charge in [0.25, 0.3) is 0 Å². The zero-order valence-electron chi connectivity index (χ0n) is 13.3. The maximum absolute atomic E-state index is 5.97. The number of fused-ring (bicyclic) bond motifs is 1. The molecule has 0 aromatic carbocycles. The number of hydrogen-bond acceptors (Lipinski definition) is 4. The van der Waals surface area contributed by atoms with Crippen LogP contribution in [0, 0.1) is 13.8 Å². The van der Waals surface area contributed by atoms with Crippen molar-refractivity contribution in [2.24, 2.45) is 0 Å². The maximum Gasteiger partial charge on any atom is 0.141 e. The van der Waals surface area contributed by atoms with E-state index in [1.165, 1.54) is 0 Å². The molecule has 0 amide bonds. The molecule has 5 nitrogen and oxygen atoms in total. The molecule has 0 aliphatic rings. The molecule has 3 heterocycles. The number of imidazole rings is 1. The van der Waals surface area contributed by atoms with Gasteiger partial charge in [0.15, 0.2) is 0 Å². The lowest BCUT2D eigenvalue weighted by Crippen LogP contribution is -1.95. The molecule has 122 valence electrons. The molecule has 0 bridgehead atoms. The van der Waals surface area contributed by atoms with E-state index in [9.17, 15) is 0 Å². The van der Waals surface area contributed by atoms with Gasteiger partial charge >= 0.3 is 0 Å². The van der Waals surface area contributed by atoms with Crippen LogP contribution in [0.25, 0.3) is 5.65 Å². The van der Waals surface area contributed by atoms with Crippen molar-refractivity contribution in [1.82, 2.24) is 14.4 Å². The Hall–Kier alpha value is -1.60. The normalized spacial score (nSPS) is 10.5. The first-order chi connectivity index (χ1) is 10.8. The Bertz CT molecular complexity index is 842. The third-order valence-electron chi connectivity index (χ3n) is 3.40. The highest BCUT2D eigenvalue weighted by Gasteiger charge is 2.09. The largest absolute Gasteiger partial charge is 0.383 e. The van der Waals surface area contributed by atoms with Gasteiger partial charge in [0.05, 0.1) is 5.69 Å². The van der Waals surface area contributed by atoms with Crippen molar-refractivity contribution in [1.29, 1.82) is 0 Å². The Morgan fingerprint density at radius 1 is 1.09 bits per heavy atom. The average molecular weight is 441 g/mol. The van der Waals surface area contributed by atoms with Gasteiger partial charge in [-0.3, -0.25) is 4.40 Å². The van der Waals surface area contributed by atoms with Gasteiger partial charge in [-0.15, -0.1) is 0 Å². The van der Waals surface area contributed by atoms with E-state index in [1.54, 1.807) is 6.20 Å². The van der Waals surface area contributed by atoms with E-state index in [1.807, 2.05) is 36.6 Å². The van der Waals surface area contributed by atoms with Crippen LogP contribution in [0.1, 0.15) is 23.7 Å². The van der Waals surface area contributed by atoms with Crippen LogP contribution in [0.4, 0.5) is 11.6 Å². The molecule has 0 unspecified atom stereocenters. The second-order valence-electron chi connectivity index (χ2n) is 5.19. The summed E-state index contributed by atoms with van der Waals surface area (Å²) < 4.78 is 3.92. The molecule has 0 saturated heterocycles. The molecule has 4 N–H and O–H groups in total. The van der Waals surface area contributed by atoms with Gasteiger partial charge in [-0.25, -0.2) is 9.97 Å². The van der Waals surface area contributed by atoms with Crippen LogP contribution >= 0.6 is 31.9 Å². The molecule has 23 heavy (non-hydrogen) atoms. The minimum atomic E-state index is 0.596. The Kier molecular flexibility index (Phi) is 5.64. The van der Waals surface area contributed by atoms with Gasteiger partial charge in [0.1, 0.15) is 17.3 Å². The number of nitrogen functional groups attached to an aromatic ring is 2. The van der Waals surface area contributed by atoms with E-state index in [0.717, 1.165) is 43.7 Å². The van der Waals surface area contributed by atoms with Gasteiger partial charge in [-0.2, -0.15) is 0 Å². The van der Waals surface area contributed by atoms with Crippen molar-refractivity contribution in [3.8, 4) is 0 Å². The first-order valence-electron chi connectivity index (χ1n) is 7.13. The minimum Gasteiger partial charge on any atom is -0.383 e. The highest BCUT2D eigenvalue weighted by atomic mass is 79.9. The number of halogens is 2. The van der Waals surface area contributed by atoms with Crippen LogP contribution in [0.2, 0.25) is 0 Å². The van der Waals surface area contributed by atoms with Crippen LogP contribution < -0.4 is 11.5 Å². The van der Waals surface area contributed by atoms with Crippen molar-refractivity contribution >= 4 is 49.1 Å². The van der Waals surface area contributed by atoms with Gasteiger partial charge in [-0.1, -0.05) is 6.92 Å². The quantitative estimate of drug-likeness (QED) is 0.591. The SMILES string of the molecule is CCc1nc2c(C)cc(Br)cn2c1N.Cc1cc(Br)cnc1N. The van der Waals surface area contributed by atoms with E-state index >= 15 is 0 Å². The van der Waals surface area contributed by atoms with Crippen molar-refractivity contribution in [3.63, 3.8) is 0 Å². The fourth-order valence-corrected chi connectivity index (χ4v) is 3.14. The Morgan fingerprint density at radius 3 is 2.30 bits per heavy atom. The Labute approximate surface area is 152 Å². The number of nitrogens with two attached hydrogens (primary N) is 2. The third-order valence-corrected chi connectivity index (χ3v) is 4.27. The molecule has 0 aliphatic carbocycles. The summed E-state index contributed by atoms with van der Waals surface area (Å²) >= 11 is 6.72. The van der Waals surface area contributed by atoms with Crippen LogP contribution in [0.3, 0.4) is 0 Å². The predicted molar refractivity (Wildman–Crippen MR) is 103 cm³/mol. The fourth-order valence-electron chi connectivity index (χ4n) is 2.14. The summed E-state index contributed by atoms with van der Waals surface area (Å²) in [7, 11) is 0. The van der Waals surface area contributed by atoms with E-state index < -0.39 is 0 Å². The number of pyridine rings is 2.